The lowest BCUT2D eigenvalue weighted by molar-refractivity contribution is -0.344. The molecule has 0 unspecified atom stereocenters. The number of ether oxygens (including phenoxy) is 8. The summed E-state index contributed by atoms with van der Waals surface area (Å²) in [5, 5.41) is 34.4. The van der Waals surface area contributed by atoms with E-state index in [0.29, 0.717) is 12.7 Å². The molecule has 0 saturated carbocycles. The first kappa shape index (κ1) is 47.6. The van der Waals surface area contributed by atoms with Crippen LogP contribution in [0.2, 0.25) is 0 Å². The Hall–Kier alpha value is -2.80. The molecule has 0 amide bonds. The molecule has 0 aliphatic carbocycles. The van der Waals surface area contributed by atoms with E-state index in [-0.39, 0.29) is 25.7 Å². The Morgan fingerprint density at radius 3 is 2.30 bits per heavy atom. The zero-order chi connectivity index (χ0) is 41.9. The number of rotatable bonds is 11. The van der Waals surface area contributed by atoms with Crippen molar-refractivity contribution in [3.8, 4) is 0 Å². The fourth-order valence-corrected chi connectivity index (χ4v) is 7.78. The van der Waals surface area contributed by atoms with Crippen LogP contribution in [-0.4, -0.2) is 151 Å². The second kappa shape index (κ2) is 21.8. The molecule has 320 valence electrons. The molecular formula is C40H65NO15. The Balaban J connectivity index is 2.00. The number of aliphatic hydroxyl groups is 3. The van der Waals surface area contributed by atoms with Gasteiger partial charge in [0.05, 0.1) is 36.9 Å². The number of hydrogen-bond acceptors (Lipinski definition) is 16. The number of nitrogens with zero attached hydrogens (tertiary/aromatic N) is 1. The number of esters is 3. The van der Waals surface area contributed by atoms with Crippen LogP contribution in [0.5, 0.6) is 0 Å². The quantitative estimate of drug-likeness (QED) is 0.156. The molecular weight excluding hydrogens is 734 g/mol. The molecule has 0 aromatic rings. The van der Waals surface area contributed by atoms with Crippen molar-refractivity contribution in [3.05, 3.63) is 24.3 Å². The van der Waals surface area contributed by atoms with Crippen LogP contribution in [0.4, 0.5) is 0 Å². The van der Waals surface area contributed by atoms with Crippen LogP contribution in [-0.2, 0) is 57.1 Å². The Morgan fingerprint density at radius 1 is 1.02 bits per heavy atom. The third kappa shape index (κ3) is 13.1. The van der Waals surface area contributed by atoms with Gasteiger partial charge in [-0.3, -0.25) is 14.4 Å². The van der Waals surface area contributed by atoms with Crippen LogP contribution < -0.4 is 0 Å². The van der Waals surface area contributed by atoms with Crippen LogP contribution in [0.25, 0.3) is 0 Å². The number of methoxy groups -OCH3 is 1. The second-order valence-electron chi connectivity index (χ2n) is 15.7. The van der Waals surface area contributed by atoms with E-state index in [2.05, 4.69) is 0 Å². The maximum absolute atomic E-state index is 13.2. The van der Waals surface area contributed by atoms with Gasteiger partial charge < -0.3 is 62.9 Å². The normalized spacial score (nSPS) is 41.6. The Labute approximate surface area is 330 Å². The summed E-state index contributed by atoms with van der Waals surface area (Å²) in [6, 6.07) is -0.778. The van der Waals surface area contributed by atoms with Gasteiger partial charge in [-0.1, -0.05) is 38.2 Å². The van der Waals surface area contributed by atoms with Crippen LogP contribution in [0.3, 0.4) is 0 Å². The molecule has 56 heavy (non-hydrogen) atoms. The van der Waals surface area contributed by atoms with E-state index >= 15 is 0 Å². The van der Waals surface area contributed by atoms with Crippen molar-refractivity contribution in [1.29, 1.82) is 0 Å². The Bertz CT molecular complexity index is 1340. The molecule has 16 heteroatoms. The minimum atomic E-state index is -1.49. The standard InChI is InChI=1S/C40H65NO15/c1-11-30(45)54-38-25(5)51-32(21-40(38,7)48)55-35-24(4)52-39(34(47)33(35)41(8)9)56-36-27(17-18-42)19-22(2)28(44)16-14-12-13-15-23(3)50-31(46)20-29(37(36)49-10)53-26(6)43/h12-14,16,18,22-25,27-29,32-39,44,47-48H,11,15,17,19-21H2,1-10H3/b13-12-,16-14-/t22-,23-,24-,25-,27+,28+,29-,32-,33-,34-,35+,36+,37+,38+,39-,40+/m1/s1. The number of aliphatic hydroxyl groups excluding tert-OH is 2. The summed E-state index contributed by atoms with van der Waals surface area (Å²) in [6.07, 6.45) is -4.12. The smallest absolute Gasteiger partial charge is 0.309 e. The molecule has 16 nitrogen and oxygen atoms in total. The van der Waals surface area contributed by atoms with Gasteiger partial charge in [-0.05, 0) is 60.0 Å². The molecule has 16 atom stereocenters. The minimum absolute atomic E-state index is 0.0440. The molecule has 0 aromatic carbocycles. The molecule has 0 radical (unpaired) electrons. The molecule has 3 aliphatic heterocycles. The third-order valence-corrected chi connectivity index (χ3v) is 10.6. The summed E-state index contributed by atoms with van der Waals surface area (Å²) in [5.74, 6) is -2.92. The Kier molecular flexibility index (Phi) is 18.5. The monoisotopic (exact) mass is 799 g/mol. The van der Waals surface area contributed by atoms with Gasteiger partial charge in [0.1, 0.15) is 42.4 Å². The average molecular weight is 800 g/mol. The van der Waals surface area contributed by atoms with Gasteiger partial charge in [-0.25, -0.2) is 0 Å². The van der Waals surface area contributed by atoms with E-state index in [1.807, 2.05) is 6.92 Å². The lowest BCUT2D eigenvalue weighted by Gasteiger charge is -2.50. The van der Waals surface area contributed by atoms with Crippen LogP contribution in [0.1, 0.15) is 87.0 Å². The van der Waals surface area contributed by atoms with E-state index in [1.54, 1.807) is 77.9 Å². The molecule has 0 spiro atoms. The maximum atomic E-state index is 13.2. The van der Waals surface area contributed by atoms with Crippen molar-refractivity contribution in [2.24, 2.45) is 11.8 Å². The van der Waals surface area contributed by atoms with Crippen molar-refractivity contribution in [3.63, 3.8) is 0 Å². The van der Waals surface area contributed by atoms with E-state index in [9.17, 15) is 34.5 Å². The second-order valence-corrected chi connectivity index (χ2v) is 15.7. The van der Waals surface area contributed by atoms with E-state index in [0.717, 1.165) is 0 Å². The van der Waals surface area contributed by atoms with Gasteiger partial charge in [0.25, 0.3) is 0 Å². The molecule has 3 N–H and O–H groups in total. The number of allylic oxidation sites excluding steroid dienone is 2. The highest BCUT2D eigenvalue weighted by Gasteiger charge is 2.53. The lowest BCUT2D eigenvalue weighted by atomic mass is 9.82. The molecule has 0 bridgehead atoms. The fraction of sp³-hybridized carbons (Fsp3) is 0.800. The predicted molar refractivity (Wildman–Crippen MR) is 201 cm³/mol. The van der Waals surface area contributed by atoms with Gasteiger partial charge in [0.2, 0.25) is 0 Å². The van der Waals surface area contributed by atoms with Crippen LogP contribution >= 0.6 is 0 Å². The maximum Gasteiger partial charge on any atom is 0.309 e. The highest BCUT2D eigenvalue weighted by molar-refractivity contribution is 5.72. The number of hydrogen-bond donors (Lipinski definition) is 3. The molecule has 3 aliphatic rings. The van der Waals surface area contributed by atoms with Crippen LogP contribution in [0, 0.1) is 11.8 Å². The van der Waals surface area contributed by atoms with E-state index in [4.69, 9.17) is 37.9 Å². The first-order valence-corrected chi connectivity index (χ1v) is 19.6. The number of aldehydes is 1. The SMILES string of the molecule is CCC(=O)O[C@H]1[C@@H](C)O[C@H](O[C@@H]2[C@H](N(C)C)[C@@H](O)[C@@H](O[C@H]3[C@@H](CC=O)C[C@@H](C)[C@@H](O)/C=C\C=C/C[C@@H](C)OC(=O)C[C@@H](OC(C)=O)[C@@H]3OC)O[C@@H]2C)C[C@]1(C)O. The highest BCUT2D eigenvalue weighted by Crippen LogP contribution is 2.37. The van der Waals surface area contributed by atoms with Gasteiger partial charge in [0.15, 0.2) is 18.7 Å². The summed E-state index contributed by atoms with van der Waals surface area (Å²) in [5.41, 5.74) is -1.49. The van der Waals surface area contributed by atoms with Gasteiger partial charge in [-0.15, -0.1) is 0 Å². The molecule has 3 rings (SSSR count). The van der Waals surface area contributed by atoms with E-state index < -0.39 is 121 Å². The summed E-state index contributed by atoms with van der Waals surface area (Å²) >= 11 is 0. The third-order valence-electron chi connectivity index (χ3n) is 10.6. The Morgan fingerprint density at radius 2 is 1.71 bits per heavy atom. The molecule has 2 saturated heterocycles. The highest BCUT2D eigenvalue weighted by atomic mass is 16.7. The number of carbonyl (C=O) groups excluding carboxylic acids is 4. The van der Waals surface area contributed by atoms with Crippen molar-refractivity contribution in [1.82, 2.24) is 4.90 Å². The van der Waals surface area contributed by atoms with Gasteiger partial charge in [-0.2, -0.15) is 0 Å². The summed E-state index contributed by atoms with van der Waals surface area (Å²) < 4.78 is 48.2. The predicted octanol–water partition coefficient (Wildman–Crippen LogP) is 2.38. The number of likely N-dealkylation sites (N-methyl/N-ethyl adjacent to an activating group) is 1. The minimum Gasteiger partial charge on any atom is -0.462 e. The van der Waals surface area contributed by atoms with E-state index in [1.165, 1.54) is 14.0 Å². The average Bonchev–Trinajstić information content (AvgIpc) is 3.09. The molecule has 3 heterocycles. The summed E-state index contributed by atoms with van der Waals surface area (Å²) in [7, 11) is 4.85. The number of carbonyl (C=O) groups is 4. The molecule has 2 fully saturated rings. The first-order chi connectivity index (χ1) is 26.3. The zero-order valence-electron chi connectivity index (χ0n) is 34.5. The molecule has 0 aromatic heterocycles. The van der Waals surface area contributed by atoms with Gasteiger partial charge >= 0.3 is 17.9 Å². The van der Waals surface area contributed by atoms with Gasteiger partial charge in [0, 0.05) is 39.7 Å². The number of cyclic esters (lactones) is 1. The lowest BCUT2D eigenvalue weighted by Crippen LogP contribution is -2.66. The van der Waals surface area contributed by atoms with Crippen molar-refractivity contribution in [2.45, 2.75) is 172 Å². The van der Waals surface area contributed by atoms with Crippen molar-refractivity contribution < 1.29 is 72.4 Å². The first-order valence-electron chi connectivity index (χ1n) is 19.6. The van der Waals surface area contributed by atoms with Crippen LogP contribution in [0.15, 0.2) is 24.3 Å². The summed E-state index contributed by atoms with van der Waals surface area (Å²) in [6.45, 7) is 11.3. The summed E-state index contributed by atoms with van der Waals surface area (Å²) in [4.78, 5) is 51.7. The largest absolute Gasteiger partial charge is 0.462 e. The van der Waals surface area contributed by atoms with Crippen molar-refractivity contribution in [2.75, 3.05) is 21.2 Å². The zero-order valence-corrected chi connectivity index (χ0v) is 34.5. The topological polar surface area (TPSA) is 206 Å². The fourth-order valence-electron chi connectivity index (χ4n) is 7.78. The van der Waals surface area contributed by atoms with Crippen molar-refractivity contribution >= 4 is 24.2 Å².